The molecular formula is C15H28N4O. The molecule has 0 radical (unpaired) electrons. The Kier molecular flexibility index (Phi) is 5.83. The van der Waals surface area contributed by atoms with E-state index >= 15 is 0 Å². The van der Waals surface area contributed by atoms with Crippen LogP contribution >= 0.6 is 0 Å². The maximum Gasteiger partial charge on any atom is 0.266 e. The second kappa shape index (κ2) is 7.62. The Morgan fingerprint density at radius 2 is 1.90 bits per heavy atom. The van der Waals surface area contributed by atoms with E-state index in [9.17, 15) is 0 Å². The summed E-state index contributed by atoms with van der Waals surface area (Å²) in [5, 5.41) is 4.15. The topological polar surface area (TPSA) is 68.2 Å². The lowest BCUT2D eigenvalue weighted by Crippen LogP contribution is -2.25. The first kappa shape index (κ1) is 15.3. The molecule has 5 heteroatoms. The van der Waals surface area contributed by atoms with Gasteiger partial charge in [0.2, 0.25) is 5.89 Å². The maximum absolute atomic E-state index is 5.84. The molecule has 1 aromatic rings. The minimum atomic E-state index is 0.437. The summed E-state index contributed by atoms with van der Waals surface area (Å²) in [5.41, 5.74) is 5.84. The first-order valence-corrected chi connectivity index (χ1v) is 7.96. The van der Waals surface area contributed by atoms with E-state index < -0.39 is 0 Å². The van der Waals surface area contributed by atoms with Gasteiger partial charge in [0.25, 0.3) is 5.95 Å². The fourth-order valence-corrected chi connectivity index (χ4v) is 2.90. The Morgan fingerprint density at radius 1 is 1.20 bits per heavy atom. The average molecular weight is 280 g/mol. The fraction of sp³-hybridized carbons (Fsp3) is 0.867. The minimum Gasteiger partial charge on any atom is -0.338 e. The smallest absolute Gasteiger partial charge is 0.266 e. The molecule has 1 atom stereocenters. The van der Waals surface area contributed by atoms with Gasteiger partial charge in [0.15, 0.2) is 0 Å². The van der Waals surface area contributed by atoms with Crippen LogP contribution in [-0.4, -0.2) is 29.8 Å². The van der Waals surface area contributed by atoms with E-state index in [2.05, 4.69) is 28.9 Å². The van der Waals surface area contributed by atoms with Gasteiger partial charge in [-0.25, -0.2) is 0 Å². The molecule has 1 fully saturated rings. The van der Waals surface area contributed by atoms with Crippen molar-refractivity contribution in [3.05, 3.63) is 5.89 Å². The summed E-state index contributed by atoms with van der Waals surface area (Å²) in [7, 11) is 0. The number of aromatic nitrogens is 2. The summed E-state index contributed by atoms with van der Waals surface area (Å²) < 4.78 is 5.41. The van der Waals surface area contributed by atoms with Crippen LogP contribution in [0.4, 0.5) is 5.95 Å². The van der Waals surface area contributed by atoms with Crippen LogP contribution in [-0.2, 0) is 6.42 Å². The van der Waals surface area contributed by atoms with Gasteiger partial charge in [-0.2, -0.15) is 4.98 Å². The van der Waals surface area contributed by atoms with Crippen LogP contribution in [0, 0.1) is 11.8 Å². The number of rotatable bonds is 6. The van der Waals surface area contributed by atoms with Crippen molar-refractivity contribution in [2.45, 2.75) is 52.4 Å². The van der Waals surface area contributed by atoms with Crippen LogP contribution < -0.4 is 10.6 Å². The summed E-state index contributed by atoms with van der Waals surface area (Å²) in [6.45, 7) is 7.22. The van der Waals surface area contributed by atoms with Crippen LogP contribution in [0.1, 0.15) is 51.8 Å². The molecule has 1 aliphatic heterocycles. The van der Waals surface area contributed by atoms with Crippen LogP contribution in [0.2, 0.25) is 0 Å². The van der Waals surface area contributed by atoms with E-state index in [1.807, 2.05) is 0 Å². The van der Waals surface area contributed by atoms with Crippen molar-refractivity contribution in [1.29, 1.82) is 0 Å². The third-order valence-corrected chi connectivity index (χ3v) is 3.95. The van der Waals surface area contributed by atoms with Crippen LogP contribution in [0.15, 0.2) is 4.52 Å². The van der Waals surface area contributed by atoms with Gasteiger partial charge < -0.3 is 15.2 Å². The number of anilines is 1. The molecule has 0 bridgehead atoms. The molecule has 1 aromatic heterocycles. The SMILES string of the molecule is CC(C)CC(CN)Cc1nc(N2CCCCCC2)no1. The predicted molar refractivity (Wildman–Crippen MR) is 80.7 cm³/mol. The fourth-order valence-electron chi connectivity index (χ4n) is 2.90. The molecule has 0 aromatic carbocycles. The summed E-state index contributed by atoms with van der Waals surface area (Å²) in [4.78, 5) is 6.81. The molecule has 0 saturated carbocycles. The van der Waals surface area contributed by atoms with Crippen molar-refractivity contribution in [3.63, 3.8) is 0 Å². The standard InChI is InChI=1S/C15H28N4O/c1-12(2)9-13(11-16)10-14-17-15(18-20-14)19-7-5-3-4-6-8-19/h12-13H,3-11,16H2,1-2H3. The highest BCUT2D eigenvalue weighted by Gasteiger charge is 2.18. The monoisotopic (exact) mass is 280 g/mol. The summed E-state index contributed by atoms with van der Waals surface area (Å²) in [6.07, 6.45) is 6.98. The number of nitrogens with two attached hydrogens (primary N) is 1. The Bertz CT molecular complexity index is 383. The second-order valence-electron chi connectivity index (χ2n) is 6.32. The molecule has 2 rings (SSSR count). The second-order valence-corrected chi connectivity index (χ2v) is 6.32. The van der Waals surface area contributed by atoms with E-state index in [0.29, 0.717) is 18.4 Å². The molecule has 2 heterocycles. The average Bonchev–Trinajstić information content (AvgIpc) is 2.71. The van der Waals surface area contributed by atoms with E-state index in [4.69, 9.17) is 10.3 Å². The highest BCUT2D eigenvalue weighted by atomic mass is 16.5. The lowest BCUT2D eigenvalue weighted by atomic mass is 9.94. The first-order chi connectivity index (χ1) is 9.69. The molecule has 20 heavy (non-hydrogen) atoms. The molecule has 1 aliphatic rings. The van der Waals surface area contributed by atoms with Gasteiger partial charge in [0.05, 0.1) is 0 Å². The Morgan fingerprint density at radius 3 is 2.50 bits per heavy atom. The molecule has 2 N–H and O–H groups in total. The van der Waals surface area contributed by atoms with Gasteiger partial charge >= 0.3 is 0 Å². The first-order valence-electron chi connectivity index (χ1n) is 7.96. The zero-order chi connectivity index (χ0) is 14.4. The van der Waals surface area contributed by atoms with Gasteiger partial charge in [-0.05, 0) is 42.8 Å². The third kappa shape index (κ3) is 4.47. The lowest BCUT2D eigenvalue weighted by Gasteiger charge is -2.17. The molecule has 0 spiro atoms. The van der Waals surface area contributed by atoms with Gasteiger partial charge in [-0.3, -0.25) is 0 Å². The van der Waals surface area contributed by atoms with Crippen molar-refractivity contribution in [2.75, 3.05) is 24.5 Å². The Hall–Kier alpha value is -1.10. The van der Waals surface area contributed by atoms with Crippen molar-refractivity contribution in [2.24, 2.45) is 17.6 Å². The Labute approximate surface area is 121 Å². The molecule has 1 unspecified atom stereocenters. The minimum absolute atomic E-state index is 0.437. The molecule has 1 saturated heterocycles. The zero-order valence-corrected chi connectivity index (χ0v) is 12.8. The maximum atomic E-state index is 5.84. The van der Waals surface area contributed by atoms with Gasteiger partial charge in [-0.15, -0.1) is 0 Å². The predicted octanol–water partition coefficient (Wildman–Crippen LogP) is 2.61. The molecule has 114 valence electrons. The number of hydrogen-bond donors (Lipinski definition) is 1. The zero-order valence-electron chi connectivity index (χ0n) is 12.8. The Balaban J connectivity index is 1.93. The summed E-state index contributed by atoms with van der Waals surface area (Å²) in [6, 6.07) is 0. The van der Waals surface area contributed by atoms with Gasteiger partial charge in [-0.1, -0.05) is 26.7 Å². The van der Waals surface area contributed by atoms with E-state index in [1.165, 1.54) is 25.7 Å². The van der Waals surface area contributed by atoms with Crippen LogP contribution in [0.25, 0.3) is 0 Å². The number of nitrogens with zero attached hydrogens (tertiary/aromatic N) is 3. The van der Waals surface area contributed by atoms with Crippen molar-refractivity contribution < 1.29 is 4.52 Å². The highest BCUT2D eigenvalue weighted by molar-refractivity contribution is 5.27. The van der Waals surface area contributed by atoms with E-state index in [1.54, 1.807) is 0 Å². The highest BCUT2D eigenvalue weighted by Crippen LogP contribution is 2.19. The van der Waals surface area contributed by atoms with Crippen molar-refractivity contribution in [1.82, 2.24) is 10.1 Å². The van der Waals surface area contributed by atoms with E-state index in [-0.39, 0.29) is 0 Å². The van der Waals surface area contributed by atoms with Gasteiger partial charge in [0, 0.05) is 19.5 Å². The van der Waals surface area contributed by atoms with Crippen molar-refractivity contribution in [3.8, 4) is 0 Å². The van der Waals surface area contributed by atoms with Gasteiger partial charge in [0.1, 0.15) is 0 Å². The normalized spacial score (nSPS) is 18.3. The van der Waals surface area contributed by atoms with Crippen LogP contribution in [0.3, 0.4) is 0 Å². The third-order valence-electron chi connectivity index (χ3n) is 3.95. The lowest BCUT2D eigenvalue weighted by molar-refractivity contribution is 0.331. The molecule has 5 nitrogen and oxygen atoms in total. The molecule has 0 aliphatic carbocycles. The van der Waals surface area contributed by atoms with Crippen LogP contribution in [0.5, 0.6) is 0 Å². The number of hydrogen-bond acceptors (Lipinski definition) is 5. The summed E-state index contributed by atoms with van der Waals surface area (Å²) in [5.74, 6) is 2.59. The molecule has 0 amide bonds. The van der Waals surface area contributed by atoms with Crippen molar-refractivity contribution >= 4 is 5.95 Å². The van der Waals surface area contributed by atoms with E-state index in [0.717, 1.165) is 37.8 Å². The largest absolute Gasteiger partial charge is 0.338 e. The summed E-state index contributed by atoms with van der Waals surface area (Å²) >= 11 is 0. The quantitative estimate of drug-likeness (QED) is 0.867. The molecular weight excluding hydrogens is 252 g/mol.